The van der Waals surface area contributed by atoms with Crippen molar-refractivity contribution in [2.45, 2.75) is 32.9 Å². The van der Waals surface area contributed by atoms with Gasteiger partial charge in [-0.2, -0.15) is 0 Å². The molecular formula is C23H25N3O7. The number of allylic oxidation sites excluding steroid dienone is 1. The number of nitro groups is 1. The first-order valence-corrected chi connectivity index (χ1v) is 10.2. The third-order valence-corrected chi connectivity index (χ3v) is 5.35. The number of nitrogens with one attached hydrogen (secondary N) is 2. The van der Waals surface area contributed by atoms with Crippen LogP contribution in [0.2, 0.25) is 0 Å². The van der Waals surface area contributed by atoms with Crippen LogP contribution in [0, 0.1) is 17.0 Å². The molecule has 2 amide bonds. The molecule has 2 N–H and O–H groups in total. The lowest BCUT2D eigenvalue weighted by molar-refractivity contribution is -0.386. The maximum atomic E-state index is 12.5. The lowest BCUT2D eigenvalue weighted by atomic mass is 9.93. The smallest absolute Gasteiger partial charge is 0.337 e. The lowest BCUT2D eigenvalue weighted by Gasteiger charge is -2.29. The van der Waals surface area contributed by atoms with Gasteiger partial charge >= 0.3 is 17.7 Å². The molecule has 33 heavy (non-hydrogen) atoms. The number of carbonyl (C=O) groups excluding carboxylic acids is 2. The van der Waals surface area contributed by atoms with Gasteiger partial charge in [-0.3, -0.25) is 10.1 Å². The summed E-state index contributed by atoms with van der Waals surface area (Å²) in [6, 6.07) is 8.79. The number of urea groups is 1. The molecule has 0 saturated heterocycles. The molecule has 1 atom stereocenters. The van der Waals surface area contributed by atoms with Gasteiger partial charge in [-0.05, 0) is 36.1 Å². The van der Waals surface area contributed by atoms with Crippen molar-refractivity contribution < 1.29 is 28.7 Å². The number of methoxy groups -OCH3 is 2. The summed E-state index contributed by atoms with van der Waals surface area (Å²) in [6.07, 6.45) is 0.352. The van der Waals surface area contributed by atoms with Crippen molar-refractivity contribution in [3.8, 4) is 11.5 Å². The summed E-state index contributed by atoms with van der Waals surface area (Å²) in [6.45, 7) is 3.78. The van der Waals surface area contributed by atoms with Crippen molar-refractivity contribution in [1.82, 2.24) is 10.6 Å². The Morgan fingerprint density at radius 1 is 1.21 bits per heavy atom. The number of rotatable bonds is 8. The quantitative estimate of drug-likeness (QED) is 0.353. The first kappa shape index (κ1) is 23.6. The second kappa shape index (κ2) is 10.0. The number of ether oxygens (including phenoxy) is 3. The van der Waals surface area contributed by atoms with Gasteiger partial charge in [0.15, 0.2) is 5.75 Å². The van der Waals surface area contributed by atoms with Gasteiger partial charge in [-0.15, -0.1) is 0 Å². The predicted octanol–water partition coefficient (Wildman–Crippen LogP) is 3.68. The van der Waals surface area contributed by atoms with Gasteiger partial charge in [0.25, 0.3) is 0 Å². The minimum Gasteiger partial charge on any atom is -0.493 e. The Balaban J connectivity index is 2.09. The Morgan fingerprint density at radius 3 is 2.55 bits per heavy atom. The van der Waals surface area contributed by atoms with Crippen LogP contribution >= 0.6 is 0 Å². The van der Waals surface area contributed by atoms with Gasteiger partial charge in [0.1, 0.15) is 6.61 Å². The Kier molecular flexibility index (Phi) is 7.17. The lowest BCUT2D eigenvalue weighted by Crippen LogP contribution is -2.45. The highest BCUT2D eigenvalue weighted by atomic mass is 16.6. The average molecular weight is 455 g/mol. The van der Waals surface area contributed by atoms with Gasteiger partial charge < -0.3 is 24.8 Å². The number of nitrogens with zero attached hydrogens (tertiary/aromatic N) is 1. The first-order chi connectivity index (χ1) is 15.8. The molecule has 174 valence electrons. The predicted molar refractivity (Wildman–Crippen MR) is 119 cm³/mol. The van der Waals surface area contributed by atoms with Crippen molar-refractivity contribution in [3.63, 3.8) is 0 Å². The largest absolute Gasteiger partial charge is 0.493 e. The molecule has 0 bridgehead atoms. The number of hydrogen-bond donors (Lipinski definition) is 2. The Hall–Kier alpha value is -4.08. The van der Waals surface area contributed by atoms with Gasteiger partial charge in [0.2, 0.25) is 5.75 Å². The number of carbonyl (C=O) groups is 2. The molecule has 10 heteroatoms. The van der Waals surface area contributed by atoms with E-state index in [2.05, 4.69) is 10.6 Å². The molecule has 2 aromatic rings. The van der Waals surface area contributed by atoms with E-state index in [0.29, 0.717) is 12.1 Å². The van der Waals surface area contributed by atoms with E-state index in [1.165, 1.54) is 26.4 Å². The van der Waals surface area contributed by atoms with E-state index >= 15 is 0 Å². The molecule has 1 heterocycles. The molecule has 1 aliphatic rings. The average Bonchev–Trinajstić information content (AvgIpc) is 2.81. The molecule has 0 aliphatic carbocycles. The molecule has 10 nitrogen and oxygen atoms in total. The van der Waals surface area contributed by atoms with Crippen LogP contribution in [0.25, 0.3) is 0 Å². The molecule has 3 rings (SSSR count). The molecule has 1 aliphatic heterocycles. The minimum atomic E-state index is -0.973. The number of hydrogen-bond acceptors (Lipinski definition) is 7. The van der Waals surface area contributed by atoms with E-state index in [1.54, 1.807) is 6.92 Å². The fraction of sp³-hybridized carbons (Fsp3) is 0.304. The normalized spacial score (nSPS) is 15.4. The summed E-state index contributed by atoms with van der Waals surface area (Å²) in [5.74, 6) is -0.609. The maximum absolute atomic E-state index is 12.5. The van der Waals surface area contributed by atoms with Crippen LogP contribution in [0.4, 0.5) is 10.5 Å². The highest BCUT2D eigenvalue weighted by molar-refractivity contribution is 5.95. The highest BCUT2D eigenvalue weighted by Crippen LogP contribution is 2.42. The Labute approximate surface area is 190 Å². The van der Waals surface area contributed by atoms with Crippen molar-refractivity contribution >= 4 is 17.7 Å². The van der Waals surface area contributed by atoms with Crippen LogP contribution < -0.4 is 20.1 Å². The van der Waals surface area contributed by atoms with Crippen molar-refractivity contribution in [2.75, 3.05) is 14.2 Å². The van der Waals surface area contributed by atoms with Crippen molar-refractivity contribution in [2.24, 2.45) is 0 Å². The van der Waals surface area contributed by atoms with E-state index in [-0.39, 0.29) is 34.9 Å². The third-order valence-electron chi connectivity index (χ3n) is 5.35. The van der Waals surface area contributed by atoms with Gasteiger partial charge in [0, 0.05) is 11.8 Å². The standard InChI is InChI=1S/C23H25N3O7/c1-5-16-19(22(27)32-4)20(25-23(28)24-16)15-10-17(26(29)30)21(18(11-15)31-3)33-12-14-9-7-6-8-13(14)2/h6-11,20H,5,12H2,1-4H3,(H2,24,25,28). The number of aryl methyl sites for hydroxylation is 1. The van der Waals surface area contributed by atoms with Gasteiger partial charge in [-0.1, -0.05) is 31.2 Å². The van der Waals surface area contributed by atoms with Crippen LogP contribution in [-0.2, 0) is 16.1 Å². The summed E-state index contributed by atoms with van der Waals surface area (Å²) in [5, 5.41) is 17.2. The molecule has 0 fully saturated rings. The van der Waals surface area contributed by atoms with Crippen LogP contribution in [-0.4, -0.2) is 31.1 Å². The van der Waals surface area contributed by atoms with Gasteiger partial charge in [0.05, 0.1) is 30.8 Å². The van der Waals surface area contributed by atoms with Crippen LogP contribution in [0.15, 0.2) is 47.7 Å². The Bertz CT molecular complexity index is 1130. The zero-order valence-corrected chi connectivity index (χ0v) is 18.8. The highest BCUT2D eigenvalue weighted by Gasteiger charge is 2.35. The summed E-state index contributed by atoms with van der Waals surface area (Å²) >= 11 is 0. The van der Waals surface area contributed by atoms with E-state index in [0.717, 1.165) is 11.1 Å². The fourth-order valence-corrected chi connectivity index (χ4v) is 3.63. The first-order valence-electron chi connectivity index (χ1n) is 10.2. The molecule has 2 aromatic carbocycles. The number of nitro benzene ring substituents is 1. The van der Waals surface area contributed by atoms with E-state index in [9.17, 15) is 19.7 Å². The molecule has 0 saturated carbocycles. The monoisotopic (exact) mass is 455 g/mol. The molecule has 0 aromatic heterocycles. The number of esters is 1. The minimum absolute atomic E-state index is 0.0472. The SMILES string of the molecule is CCC1=C(C(=O)OC)C(c2cc(OC)c(OCc3ccccc3C)c([N+](=O)[O-])c2)NC(=O)N1. The summed E-state index contributed by atoms with van der Waals surface area (Å²) in [7, 11) is 2.58. The number of benzene rings is 2. The van der Waals surface area contributed by atoms with Crippen molar-refractivity contribution in [3.05, 3.63) is 74.5 Å². The van der Waals surface area contributed by atoms with Crippen LogP contribution in [0.5, 0.6) is 11.5 Å². The Morgan fingerprint density at radius 2 is 1.94 bits per heavy atom. The van der Waals surface area contributed by atoms with E-state index in [1.807, 2.05) is 31.2 Å². The maximum Gasteiger partial charge on any atom is 0.337 e. The van der Waals surface area contributed by atoms with Crippen molar-refractivity contribution in [1.29, 1.82) is 0 Å². The fourth-order valence-electron chi connectivity index (χ4n) is 3.63. The summed E-state index contributed by atoms with van der Waals surface area (Å²) < 4.78 is 16.1. The zero-order valence-electron chi connectivity index (χ0n) is 18.8. The third kappa shape index (κ3) is 4.89. The van der Waals surface area contributed by atoms with Crippen LogP contribution in [0.1, 0.15) is 36.1 Å². The number of amides is 2. The van der Waals surface area contributed by atoms with E-state index < -0.39 is 23.0 Å². The second-order valence-electron chi connectivity index (χ2n) is 7.31. The summed E-state index contributed by atoms with van der Waals surface area (Å²) in [5.41, 5.74) is 2.30. The topological polar surface area (TPSA) is 129 Å². The van der Waals surface area contributed by atoms with E-state index in [4.69, 9.17) is 14.2 Å². The van der Waals surface area contributed by atoms with Gasteiger partial charge in [-0.25, -0.2) is 9.59 Å². The zero-order chi connectivity index (χ0) is 24.1. The molecule has 0 spiro atoms. The molecular weight excluding hydrogens is 430 g/mol. The molecule has 0 radical (unpaired) electrons. The van der Waals surface area contributed by atoms with Crippen LogP contribution in [0.3, 0.4) is 0 Å². The second-order valence-corrected chi connectivity index (χ2v) is 7.31. The molecule has 1 unspecified atom stereocenters. The summed E-state index contributed by atoms with van der Waals surface area (Å²) in [4.78, 5) is 36.0.